The molecule has 128 valence electrons. The Hall–Kier alpha value is -2.17. The van der Waals surface area contributed by atoms with Gasteiger partial charge in [0.2, 0.25) is 5.91 Å². The highest BCUT2D eigenvalue weighted by Crippen LogP contribution is 2.27. The highest BCUT2D eigenvalue weighted by atomic mass is 16.2. The number of carbonyl (C=O) groups excluding carboxylic acids is 1. The fraction of sp³-hybridized carbons (Fsp3) is 0.526. The van der Waals surface area contributed by atoms with Crippen LogP contribution in [0.1, 0.15) is 38.2 Å². The highest BCUT2D eigenvalue weighted by Gasteiger charge is 2.28. The van der Waals surface area contributed by atoms with Gasteiger partial charge in [0, 0.05) is 13.1 Å². The van der Waals surface area contributed by atoms with Crippen LogP contribution in [0, 0.1) is 12.8 Å². The van der Waals surface area contributed by atoms with E-state index in [2.05, 4.69) is 11.9 Å². The Morgan fingerprint density at radius 1 is 1.33 bits per heavy atom. The fourth-order valence-corrected chi connectivity index (χ4v) is 3.76. The maximum atomic E-state index is 12.7. The van der Waals surface area contributed by atoms with E-state index in [9.17, 15) is 9.59 Å². The van der Waals surface area contributed by atoms with Crippen molar-refractivity contribution in [3.8, 4) is 0 Å². The van der Waals surface area contributed by atoms with E-state index >= 15 is 0 Å². The molecule has 1 aliphatic carbocycles. The van der Waals surface area contributed by atoms with E-state index < -0.39 is 0 Å². The maximum Gasteiger partial charge on any atom is 0.261 e. The van der Waals surface area contributed by atoms with Crippen molar-refractivity contribution in [3.05, 3.63) is 40.4 Å². The van der Waals surface area contributed by atoms with Crippen LogP contribution in [0.5, 0.6) is 0 Å². The van der Waals surface area contributed by atoms with Crippen molar-refractivity contribution in [2.24, 2.45) is 5.92 Å². The molecule has 0 N–H and O–H groups in total. The van der Waals surface area contributed by atoms with Crippen LogP contribution in [0.2, 0.25) is 0 Å². The van der Waals surface area contributed by atoms with E-state index in [-0.39, 0.29) is 24.1 Å². The fourth-order valence-electron chi connectivity index (χ4n) is 3.76. The first-order chi connectivity index (χ1) is 11.5. The molecular formula is C19H25N3O2. The van der Waals surface area contributed by atoms with E-state index in [1.807, 2.05) is 31.0 Å². The van der Waals surface area contributed by atoms with Gasteiger partial charge < -0.3 is 4.90 Å². The summed E-state index contributed by atoms with van der Waals surface area (Å²) in [5.74, 6) is 0.492. The van der Waals surface area contributed by atoms with Crippen molar-refractivity contribution in [1.29, 1.82) is 0 Å². The summed E-state index contributed by atoms with van der Waals surface area (Å²) < 4.78 is 1.42. The second kappa shape index (κ2) is 6.75. The summed E-state index contributed by atoms with van der Waals surface area (Å²) in [4.78, 5) is 31.5. The number of fused-ring (bicyclic) bond motifs is 1. The van der Waals surface area contributed by atoms with Gasteiger partial charge in [-0.1, -0.05) is 31.9 Å². The SMILES string of the molecule is Cc1cccc2c(=O)n(CC(=O)N(C)C3CCCCC3C)cnc12. The molecule has 2 aromatic rings. The van der Waals surface area contributed by atoms with Crippen LogP contribution in [-0.2, 0) is 11.3 Å². The van der Waals surface area contributed by atoms with Gasteiger partial charge in [0.1, 0.15) is 6.54 Å². The molecule has 0 radical (unpaired) electrons. The van der Waals surface area contributed by atoms with Crippen molar-refractivity contribution in [3.63, 3.8) is 0 Å². The molecule has 5 heteroatoms. The zero-order valence-electron chi connectivity index (χ0n) is 14.7. The molecule has 0 spiro atoms. The summed E-state index contributed by atoms with van der Waals surface area (Å²) in [5, 5.41) is 0.569. The molecule has 2 atom stereocenters. The maximum absolute atomic E-state index is 12.7. The highest BCUT2D eigenvalue weighted by molar-refractivity contribution is 5.81. The molecule has 1 aromatic carbocycles. The van der Waals surface area contributed by atoms with E-state index in [0.717, 1.165) is 12.0 Å². The number of hydrogen-bond donors (Lipinski definition) is 0. The van der Waals surface area contributed by atoms with Crippen molar-refractivity contribution in [1.82, 2.24) is 14.5 Å². The number of hydrogen-bond acceptors (Lipinski definition) is 3. The molecule has 1 aliphatic rings. The first-order valence-electron chi connectivity index (χ1n) is 8.69. The van der Waals surface area contributed by atoms with Gasteiger partial charge in [-0.2, -0.15) is 0 Å². The second-order valence-corrected chi connectivity index (χ2v) is 6.98. The summed E-state index contributed by atoms with van der Waals surface area (Å²) in [6.07, 6.45) is 6.12. The van der Waals surface area contributed by atoms with Gasteiger partial charge in [-0.05, 0) is 37.3 Å². The van der Waals surface area contributed by atoms with Crippen LogP contribution >= 0.6 is 0 Å². The third kappa shape index (κ3) is 3.07. The minimum absolute atomic E-state index is 0.0235. The molecule has 3 rings (SSSR count). The summed E-state index contributed by atoms with van der Waals surface area (Å²) in [6, 6.07) is 5.83. The number of benzene rings is 1. The van der Waals surface area contributed by atoms with Crippen molar-refractivity contribution < 1.29 is 4.79 Å². The molecule has 1 fully saturated rings. The zero-order valence-corrected chi connectivity index (χ0v) is 14.7. The predicted octanol–water partition coefficient (Wildman–Crippen LogP) is 2.74. The Morgan fingerprint density at radius 3 is 2.83 bits per heavy atom. The first kappa shape index (κ1) is 16.7. The van der Waals surface area contributed by atoms with E-state index in [1.54, 1.807) is 6.07 Å². The van der Waals surface area contributed by atoms with Gasteiger partial charge in [0.15, 0.2) is 0 Å². The van der Waals surface area contributed by atoms with Crippen LogP contribution < -0.4 is 5.56 Å². The molecule has 1 amide bonds. The van der Waals surface area contributed by atoms with Crippen LogP contribution in [0.4, 0.5) is 0 Å². The van der Waals surface area contributed by atoms with Crippen LogP contribution in [-0.4, -0.2) is 33.4 Å². The molecule has 1 aromatic heterocycles. The van der Waals surface area contributed by atoms with Crippen LogP contribution in [0.3, 0.4) is 0 Å². The third-order valence-corrected chi connectivity index (χ3v) is 5.32. The largest absolute Gasteiger partial charge is 0.341 e. The van der Waals surface area contributed by atoms with Crippen molar-refractivity contribution in [2.75, 3.05) is 7.05 Å². The number of rotatable bonds is 3. The number of para-hydroxylation sites is 1. The first-order valence-corrected chi connectivity index (χ1v) is 8.69. The minimum atomic E-state index is -0.151. The van der Waals surface area contributed by atoms with Gasteiger partial charge in [0.25, 0.3) is 5.56 Å². The second-order valence-electron chi connectivity index (χ2n) is 6.98. The average Bonchev–Trinajstić information content (AvgIpc) is 2.57. The summed E-state index contributed by atoms with van der Waals surface area (Å²) in [7, 11) is 1.86. The smallest absolute Gasteiger partial charge is 0.261 e. The lowest BCUT2D eigenvalue weighted by molar-refractivity contribution is -0.134. The number of aryl methyl sites for hydroxylation is 1. The lowest BCUT2D eigenvalue weighted by Crippen LogP contribution is -2.44. The van der Waals surface area contributed by atoms with E-state index in [1.165, 1.54) is 30.2 Å². The van der Waals surface area contributed by atoms with Crippen LogP contribution in [0.25, 0.3) is 10.9 Å². The topological polar surface area (TPSA) is 55.2 Å². The monoisotopic (exact) mass is 327 g/mol. The Labute approximate surface area is 142 Å². The number of carbonyl (C=O) groups is 1. The summed E-state index contributed by atoms with van der Waals surface area (Å²) in [5.41, 5.74) is 1.53. The van der Waals surface area contributed by atoms with E-state index in [4.69, 9.17) is 0 Å². The molecule has 1 heterocycles. The molecule has 0 saturated heterocycles. The Bertz CT molecular complexity index is 812. The van der Waals surface area contributed by atoms with Gasteiger partial charge >= 0.3 is 0 Å². The third-order valence-electron chi connectivity index (χ3n) is 5.32. The normalized spacial score (nSPS) is 21.0. The minimum Gasteiger partial charge on any atom is -0.341 e. The standard InChI is InChI=1S/C19H25N3O2/c1-13-7-4-5-10-16(13)21(3)17(23)11-22-12-20-18-14(2)8-6-9-15(18)19(22)24/h6,8-9,12-13,16H,4-5,7,10-11H2,1-3H3. The van der Waals surface area contributed by atoms with Crippen molar-refractivity contribution in [2.45, 2.75) is 52.1 Å². The van der Waals surface area contributed by atoms with Crippen molar-refractivity contribution >= 4 is 16.8 Å². The number of amides is 1. The quantitative estimate of drug-likeness (QED) is 0.871. The average molecular weight is 327 g/mol. The Kier molecular flexibility index (Phi) is 4.69. The van der Waals surface area contributed by atoms with Gasteiger partial charge in [-0.15, -0.1) is 0 Å². The molecule has 0 aliphatic heterocycles. The summed E-state index contributed by atoms with van der Waals surface area (Å²) in [6.45, 7) is 4.19. The van der Waals surface area contributed by atoms with E-state index in [0.29, 0.717) is 16.8 Å². The molecule has 5 nitrogen and oxygen atoms in total. The zero-order chi connectivity index (χ0) is 17.3. The lowest BCUT2D eigenvalue weighted by atomic mass is 9.85. The predicted molar refractivity (Wildman–Crippen MR) is 94.9 cm³/mol. The van der Waals surface area contributed by atoms with Gasteiger partial charge in [-0.25, -0.2) is 4.98 Å². The Balaban J connectivity index is 1.83. The Morgan fingerprint density at radius 2 is 2.08 bits per heavy atom. The molecule has 2 unspecified atom stereocenters. The van der Waals surface area contributed by atoms with Crippen LogP contribution in [0.15, 0.2) is 29.3 Å². The molecule has 1 saturated carbocycles. The van der Waals surface area contributed by atoms with Gasteiger partial charge in [-0.3, -0.25) is 14.2 Å². The molecule has 0 bridgehead atoms. The molecule has 24 heavy (non-hydrogen) atoms. The van der Waals surface area contributed by atoms with Gasteiger partial charge in [0.05, 0.1) is 17.2 Å². The lowest BCUT2D eigenvalue weighted by Gasteiger charge is -2.36. The summed E-state index contributed by atoms with van der Waals surface area (Å²) >= 11 is 0. The molecular weight excluding hydrogens is 302 g/mol. The number of nitrogens with zero attached hydrogens (tertiary/aromatic N) is 3. The number of likely N-dealkylation sites (N-methyl/N-ethyl adjacent to an activating group) is 1. The number of aromatic nitrogens is 2.